The average molecular weight is 241 g/mol. The van der Waals surface area contributed by atoms with Crippen LogP contribution in [0.1, 0.15) is 59.8 Å². The first kappa shape index (κ1) is 14.5. The third-order valence-electron chi connectivity index (χ3n) is 3.64. The van der Waals surface area contributed by atoms with Gasteiger partial charge in [0.2, 0.25) is 0 Å². The van der Waals surface area contributed by atoms with Crippen molar-refractivity contribution in [2.45, 2.75) is 71.9 Å². The Morgan fingerprint density at radius 2 is 2.00 bits per heavy atom. The molecule has 0 aliphatic heterocycles. The Morgan fingerprint density at radius 3 is 2.53 bits per heavy atom. The summed E-state index contributed by atoms with van der Waals surface area (Å²) in [4.78, 5) is 11.3. The summed E-state index contributed by atoms with van der Waals surface area (Å²) < 4.78 is 4.96. The van der Waals surface area contributed by atoms with Crippen molar-refractivity contribution >= 4 is 5.97 Å². The second kappa shape index (κ2) is 6.39. The Bertz CT molecular complexity index is 241. The largest absolute Gasteiger partial charge is 0.466 e. The zero-order chi connectivity index (χ0) is 12.9. The molecule has 0 saturated heterocycles. The zero-order valence-electron chi connectivity index (χ0n) is 11.7. The predicted molar refractivity (Wildman–Crippen MR) is 69.9 cm³/mol. The van der Waals surface area contributed by atoms with Crippen molar-refractivity contribution in [2.24, 2.45) is 5.41 Å². The topological polar surface area (TPSA) is 38.3 Å². The predicted octanol–water partition coefficient (Wildman–Crippen LogP) is 2.89. The van der Waals surface area contributed by atoms with Gasteiger partial charge in [-0.15, -0.1) is 0 Å². The van der Waals surface area contributed by atoms with Crippen LogP contribution in [0.4, 0.5) is 0 Å². The van der Waals surface area contributed by atoms with Crippen molar-refractivity contribution in [3.63, 3.8) is 0 Å². The van der Waals surface area contributed by atoms with Crippen molar-refractivity contribution < 1.29 is 9.53 Å². The van der Waals surface area contributed by atoms with Crippen molar-refractivity contribution in [1.82, 2.24) is 5.32 Å². The van der Waals surface area contributed by atoms with E-state index in [4.69, 9.17) is 4.74 Å². The van der Waals surface area contributed by atoms with Crippen LogP contribution in [0.3, 0.4) is 0 Å². The number of ether oxygens (including phenoxy) is 1. The molecule has 1 fully saturated rings. The lowest BCUT2D eigenvalue weighted by molar-refractivity contribution is -0.143. The maximum Gasteiger partial charge on any atom is 0.307 e. The van der Waals surface area contributed by atoms with Gasteiger partial charge in [0.15, 0.2) is 0 Å². The molecule has 3 heteroatoms. The smallest absolute Gasteiger partial charge is 0.307 e. The molecule has 0 amide bonds. The number of rotatable bonds is 5. The lowest BCUT2D eigenvalue weighted by Gasteiger charge is -2.35. The highest BCUT2D eigenvalue weighted by atomic mass is 16.5. The quantitative estimate of drug-likeness (QED) is 0.752. The number of carbonyl (C=O) groups excluding carboxylic acids is 1. The summed E-state index contributed by atoms with van der Waals surface area (Å²) in [6, 6.07) is 0.799. The van der Waals surface area contributed by atoms with Gasteiger partial charge >= 0.3 is 5.97 Å². The Kier molecular flexibility index (Phi) is 5.44. The summed E-state index contributed by atoms with van der Waals surface area (Å²) in [5.74, 6) is -0.0939. The van der Waals surface area contributed by atoms with E-state index >= 15 is 0 Å². The average Bonchev–Trinajstić information content (AvgIpc) is 2.21. The standard InChI is InChI=1S/C14H27NO2/c1-5-17-13(16)10-11(2)15-12-6-8-14(3,4)9-7-12/h11-12,15H,5-10H2,1-4H3. The van der Waals surface area contributed by atoms with E-state index in [1.807, 2.05) is 6.92 Å². The van der Waals surface area contributed by atoms with Gasteiger partial charge < -0.3 is 10.1 Å². The van der Waals surface area contributed by atoms with Crippen LogP contribution in [-0.4, -0.2) is 24.7 Å². The molecule has 1 saturated carbocycles. The molecule has 1 atom stereocenters. The van der Waals surface area contributed by atoms with E-state index in [9.17, 15) is 4.79 Å². The van der Waals surface area contributed by atoms with Crippen molar-refractivity contribution in [1.29, 1.82) is 0 Å². The van der Waals surface area contributed by atoms with E-state index in [0.717, 1.165) is 0 Å². The Morgan fingerprint density at radius 1 is 1.41 bits per heavy atom. The van der Waals surface area contributed by atoms with Crippen LogP contribution < -0.4 is 5.32 Å². The number of esters is 1. The molecule has 1 N–H and O–H groups in total. The minimum atomic E-state index is -0.0939. The van der Waals surface area contributed by atoms with Gasteiger partial charge in [0.25, 0.3) is 0 Å². The van der Waals surface area contributed by atoms with Crippen LogP contribution in [0.2, 0.25) is 0 Å². The molecule has 0 aromatic carbocycles. The molecule has 0 radical (unpaired) electrons. The van der Waals surface area contributed by atoms with Gasteiger partial charge in [-0.05, 0) is 44.9 Å². The Hall–Kier alpha value is -0.570. The molecule has 17 heavy (non-hydrogen) atoms. The second-order valence-corrected chi connectivity index (χ2v) is 6.02. The summed E-state index contributed by atoms with van der Waals surface area (Å²) in [6.45, 7) is 9.07. The minimum Gasteiger partial charge on any atom is -0.466 e. The first-order chi connectivity index (χ1) is 7.93. The first-order valence-corrected chi connectivity index (χ1v) is 6.84. The van der Waals surface area contributed by atoms with Gasteiger partial charge in [0.05, 0.1) is 13.0 Å². The molecule has 0 spiro atoms. The molecular weight excluding hydrogens is 214 g/mol. The van der Waals surface area contributed by atoms with Gasteiger partial charge in [-0.25, -0.2) is 0 Å². The number of hydrogen-bond acceptors (Lipinski definition) is 3. The van der Waals surface area contributed by atoms with E-state index in [2.05, 4.69) is 26.1 Å². The van der Waals surface area contributed by atoms with Crippen LogP contribution in [-0.2, 0) is 9.53 Å². The summed E-state index contributed by atoms with van der Waals surface area (Å²) in [5, 5.41) is 3.55. The highest BCUT2D eigenvalue weighted by Crippen LogP contribution is 2.35. The third-order valence-corrected chi connectivity index (χ3v) is 3.64. The molecule has 1 aliphatic rings. The normalized spacial score (nSPS) is 22.1. The van der Waals surface area contributed by atoms with Crippen LogP contribution >= 0.6 is 0 Å². The van der Waals surface area contributed by atoms with E-state index in [-0.39, 0.29) is 12.0 Å². The maximum atomic E-state index is 11.3. The van der Waals surface area contributed by atoms with E-state index < -0.39 is 0 Å². The zero-order valence-corrected chi connectivity index (χ0v) is 11.7. The summed E-state index contributed by atoms with van der Waals surface area (Å²) in [6.07, 6.45) is 5.47. The third kappa shape index (κ3) is 5.53. The summed E-state index contributed by atoms with van der Waals surface area (Å²) in [7, 11) is 0. The monoisotopic (exact) mass is 241 g/mol. The van der Waals surface area contributed by atoms with Crippen LogP contribution in [0, 0.1) is 5.41 Å². The van der Waals surface area contributed by atoms with Crippen LogP contribution in [0.25, 0.3) is 0 Å². The number of nitrogens with one attached hydrogen (secondary N) is 1. The maximum absolute atomic E-state index is 11.3. The molecule has 100 valence electrons. The molecule has 0 aromatic heterocycles. The van der Waals surface area contributed by atoms with Gasteiger partial charge in [-0.3, -0.25) is 4.79 Å². The minimum absolute atomic E-state index is 0.0939. The fourth-order valence-electron chi connectivity index (χ4n) is 2.50. The lowest BCUT2D eigenvalue weighted by Crippen LogP contribution is -2.41. The molecule has 1 aliphatic carbocycles. The van der Waals surface area contributed by atoms with Crippen LogP contribution in [0.5, 0.6) is 0 Å². The fraction of sp³-hybridized carbons (Fsp3) is 0.929. The Balaban J connectivity index is 2.23. The molecule has 0 aromatic rings. The van der Waals surface area contributed by atoms with E-state index in [1.165, 1.54) is 25.7 Å². The molecule has 3 nitrogen and oxygen atoms in total. The van der Waals surface area contributed by atoms with Crippen molar-refractivity contribution in [2.75, 3.05) is 6.61 Å². The molecule has 1 unspecified atom stereocenters. The number of hydrogen-bond donors (Lipinski definition) is 1. The van der Waals surface area contributed by atoms with Gasteiger partial charge in [0, 0.05) is 12.1 Å². The lowest BCUT2D eigenvalue weighted by atomic mass is 9.75. The summed E-state index contributed by atoms with van der Waals surface area (Å²) in [5.41, 5.74) is 0.503. The summed E-state index contributed by atoms with van der Waals surface area (Å²) >= 11 is 0. The first-order valence-electron chi connectivity index (χ1n) is 6.84. The van der Waals surface area contributed by atoms with Gasteiger partial charge in [-0.2, -0.15) is 0 Å². The molecular formula is C14H27NO2. The number of carbonyl (C=O) groups is 1. The van der Waals surface area contributed by atoms with Gasteiger partial charge in [-0.1, -0.05) is 13.8 Å². The van der Waals surface area contributed by atoms with E-state index in [1.54, 1.807) is 0 Å². The van der Waals surface area contributed by atoms with Crippen LogP contribution in [0.15, 0.2) is 0 Å². The fourth-order valence-corrected chi connectivity index (χ4v) is 2.50. The SMILES string of the molecule is CCOC(=O)CC(C)NC1CCC(C)(C)CC1. The Labute approximate surface area is 105 Å². The highest BCUT2D eigenvalue weighted by Gasteiger charge is 2.27. The van der Waals surface area contributed by atoms with E-state index in [0.29, 0.717) is 24.5 Å². The molecule has 0 bridgehead atoms. The van der Waals surface area contributed by atoms with Gasteiger partial charge in [0.1, 0.15) is 0 Å². The molecule has 1 rings (SSSR count). The molecule has 0 heterocycles. The van der Waals surface area contributed by atoms with Crippen molar-refractivity contribution in [3.8, 4) is 0 Å². The van der Waals surface area contributed by atoms with Crippen molar-refractivity contribution in [3.05, 3.63) is 0 Å². The highest BCUT2D eigenvalue weighted by molar-refractivity contribution is 5.70. The second-order valence-electron chi connectivity index (χ2n) is 6.02.